The fraction of sp³-hybridized carbons (Fsp3) is 0.375. The topological polar surface area (TPSA) is 80.8 Å². The number of carbonyl (C=O) groups excluding carboxylic acids is 2. The van der Waals surface area contributed by atoms with Crippen LogP contribution in [-0.4, -0.2) is 53.9 Å². The van der Waals surface area contributed by atoms with Gasteiger partial charge in [0.25, 0.3) is 0 Å². The first-order valence-electron chi connectivity index (χ1n) is 10.9. The predicted molar refractivity (Wildman–Crippen MR) is 124 cm³/mol. The Labute approximate surface area is 190 Å². The minimum Gasteiger partial charge on any atom is -0.486 e. The number of hydrogen-bond acceptors (Lipinski definition) is 7. The van der Waals surface area contributed by atoms with Crippen LogP contribution in [0.1, 0.15) is 30.1 Å². The molecule has 3 heterocycles. The lowest BCUT2D eigenvalue weighted by Gasteiger charge is -2.34. The first kappa shape index (κ1) is 20.9. The van der Waals surface area contributed by atoms with Crippen molar-refractivity contribution in [3.63, 3.8) is 0 Å². The van der Waals surface area contributed by atoms with Crippen LogP contribution in [0.3, 0.4) is 0 Å². The van der Waals surface area contributed by atoms with Crippen molar-refractivity contribution in [2.24, 2.45) is 5.92 Å². The molecule has 2 aliphatic rings. The van der Waals surface area contributed by atoms with Crippen LogP contribution in [0.25, 0.3) is 10.2 Å². The Balaban J connectivity index is 1.17. The molecule has 8 heteroatoms. The Morgan fingerprint density at radius 3 is 2.62 bits per heavy atom. The summed E-state index contributed by atoms with van der Waals surface area (Å²) in [5, 5.41) is 3.57. The van der Waals surface area contributed by atoms with E-state index in [9.17, 15) is 9.59 Å². The van der Waals surface area contributed by atoms with E-state index in [1.165, 1.54) is 11.3 Å². The molecular weight excluding hydrogens is 426 g/mol. The van der Waals surface area contributed by atoms with Gasteiger partial charge in [-0.3, -0.25) is 14.5 Å². The number of Topliss-reactive ketones (excluding diaryl/α,β-unsaturated/α-hetero) is 1. The van der Waals surface area contributed by atoms with Crippen LogP contribution in [0.2, 0.25) is 0 Å². The molecule has 5 rings (SSSR count). The van der Waals surface area contributed by atoms with Crippen molar-refractivity contribution >= 4 is 38.4 Å². The smallest absolute Gasteiger partial charge is 0.243 e. The lowest BCUT2D eigenvalue weighted by atomic mass is 9.88. The van der Waals surface area contributed by atoms with Gasteiger partial charge in [0, 0.05) is 11.5 Å². The molecular formula is C24H25N3O4S. The van der Waals surface area contributed by atoms with Crippen LogP contribution >= 0.6 is 11.3 Å². The molecule has 1 amide bonds. The van der Waals surface area contributed by atoms with Crippen molar-refractivity contribution in [1.82, 2.24) is 9.88 Å². The maximum Gasteiger partial charge on any atom is 0.243 e. The zero-order valence-electron chi connectivity index (χ0n) is 17.9. The van der Waals surface area contributed by atoms with Gasteiger partial charge >= 0.3 is 0 Å². The summed E-state index contributed by atoms with van der Waals surface area (Å²) in [5.74, 6) is 1.34. The summed E-state index contributed by atoms with van der Waals surface area (Å²) in [6, 6.07) is 13.0. The van der Waals surface area contributed by atoms with Crippen molar-refractivity contribution in [3.8, 4) is 11.5 Å². The van der Waals surface area contributed by atoms with Crippen LogP contribution in [0.5, 0.6) is 11.5 Å². The highest BCUT2D eigenvalue weighted by atomic mass is 32.1. The van der Waals surface area contributed by atoms with Gasteiger partial charge in [-0.2, -0.15) is 0 Å². The fourth-order valence-electron chi connectivity index (χ4n) is 4.28. The molecule has 1 unspecified atom stereocenters. The van der Waals surface area contributed by atoms with Crippen molar-refractivity contribution in [1.29, 1.82) is 0 Å². The third-order valence-electron chi connectivity index (χ3n) is 6.18. The van der Waals surface area contributed by atoms with Gasteiger partial charge in [0.1, 0.15) is 13.2 Å². The SMILES string of the molecule is CC(C(=O)Nc1nc2ccccc2s1)N1CCC(C(=O)c2ccc3c(c2)OCCO3)CC1. The molecule has 0 saturated carbocycles. The number of amides is 1. The predicted octanol–water partition coefficient (Wildman–Crippen LogP) is 3.99. The van der Waals surface area contributed by atoms with Gasteiger partial charge in [-0.1, -0.05) is 23.5 Å². The Morgan fingerprint density at radius 1 is 1.09 bits per heavy atom. The number of rotatable bonds is 5. The second-order valence-corrected chi connectivity index (χ2v) is 9.22. The highest BCUT2D eigenvalue weighted by molar-refractivity contribution is 7.22. The summed E-state index contributed by atoms with van der Waals surface area (Å²) in [4.78, 5) is 32.4. The number of likely N-dealkylation sites (tertiary alicyclic amines) is 1. The third-order valence-corrected chi connectivity index (χ3v) is 7.13. The largest absolute Gasteiger partial charge is 0.486 e. The summed E-state index contributed by atoms with van der Waals surface area (Å²) in [6.07, 6.45) is 1.46. The molecule has 0 bridgehead atoms. The van der Waals surface area contributed by atoms with Crippen LogP contribution in [0.4, 0.5) is 5.13 Å². The second-order valence-electron chi connectivity index (χ2n) is 8.18. The molecule has 1 fully saturated rings. The number of nitrogens with zero attached hydrogens (tertiary/aromatic N) is 2. The Bertz CT molecular complexity index is 1120. The normalized spacial score (nSPS) is 17.8. The van der Waals surface area contributed by atoms with E-state index in [-0.39, 0.29) is 23.7 Å². The Kier molecular flexibility index (Phi) is 5.80. The molecule has 7 nitrogen and oxygen atoms in total. The number of hydrogen-bond donors (Lipinski definition) is 1. The highest BCUT2D eigenvalue weighted by Crippen LogP contribution is 2.33. The van der Waals surface area contributed by atoms with E-state index in [0.717, 1.165) is 23.1 Å². The molecule has 1 N–H and O–H groups in total. The van der Waals surface area contributed by atoms with Crippen LogP contribution < -0.4 is 14.8 Å². The minimum absolute atomic E-state index is 0.0478. The first-order valence-corrected chi connectivity index (χ1v) is 11.7. The minimum atomic E-state index is -0.285. The number of para-hydroxylation sites is 1. The lowest BCUT2D eigenvalue weighted by molar-refractivity contribution is -0.121. The van der Waals surface area contributed by atoms with E-state index in [2.05, 4.69) is 15.2 Å². The van der Waals surface area contributed by atoms with Crippen molar-refractivity contribution in [3.05, 3.63) is 48.0 Å². The van der Waals surface area contributed by atoms with Crippen LogP contribution in [0.15, 0.2) is 42.5 Å². The molecule has 166 valence electrons. The van der Waals surface area contributed by atoms with E-state index < -0.39 is 0 Å². The average molecular weight is 452 g/mol. The van der Waals surface area contributed by atoms with E-state index in [1.807, 2.05) is 43.3 Å². The van der Waals surface area contributed by atoms with Crippen molar-refractivity contribution in [2.45, 2.75) is 25.8 Å². The van der Waals surface area contributed by atoms with Gasteiger partial charge in [0.15, 0.2) is 22.4 Å². The van der Waals surface area contributed by atoms with Gasteiger partial charge < -0.3 is 14.8 Å². The number of fused-ring (bicyclic) bond motifs is 2. The number of benzene rings is 2. The standard InChI is InChI=1S/C24H25N3O4S/c1-15(23(29)26-24-25-18-4-2-3-5-21(18)32-24)27-10-8-16(9-11-27)22(28)17-6-7-19-20(14-17)31-13-12-30-19/h2-7,14-16H,8-13H2,1H3,(H,25,26,29). The number of thiazole rings is 1. The Morgan fingerprint density at radius 2 is 1.84 bits per heavy atom. The van der Waals surface area contributed by atoms with E-state index in [4.69, 9.17) is 9.47 Å². The van der Waals surface area contributed by atoms with Crippen molar-refractivity contribution in [2.75, 3.05) is 31.6 Å². The molecule has 0 aliphatic carbocycles. The summed E-state index contributed by atoms with van der Waals surface area (Å²) in [7, 11) is 0. The Hall–Kier alpha value is -2.97. The number of piperidine rings is 1. The van der Waals surface area contributed by atoms with Crippen LogP contribution in [0, 0.1) is 5.92 Å². The third kappa shape index (κ3) is 4.20. The zero-order valence-corrected chi connectivity index (χ0v) is 18.7. The van der Waals surface area contributed by atoms with Gasteiger partial charge in [-0.15, -0.1) is 0 Å². The summed E-state index contributed by atoms with van der Waals surface area (Å²) >= 11 is 1.48. The van der Waals surface area contributed by atoms with Gasteiger partial charge in [-0.05, 0) is 63.2 Å². The maximum absolute atomic E-state index is 13.0. The van der Waals surface area contributed by atoms with Gasteiger partial charge in [-0.25, -0.2) is 4.98 Å². The second kappa shape index (κ2) is 8.88. The monoisotopic (exact) mass is 451 g/mol. The van der Waals surface area contributed by atoms with E-state index in [0.29, 0.717) is 48.5 Å². The van der Waals surface area contributed by atoms with Gasteiger partial charge in [0.2, 0.25) is 5.91 Å². The number of anilines is 1. The quantitative estimate of drug-likeness (QED) is 0.591. The number of ketones is 1. The molecule has 2 aliphatic heterocycles. The number of ether oxygens (including phenoxy) is 2. The molecule has 32 heavy (non-hydrogen) atoms. The van der Waals surface area contributed by atoms with E-state index in [1.54, 1.807) is 6.07 Å². The molecule has 3 aromatic rings. The number of carbonyl (C=O) groups is 2. The molecule has 1 aromatic heterocycles. The molecule has 1 atom stereocenters. The number of nitrogens with one attached hydrogen (secondary N) is 1. The first-order chi connectivity index (χ1) is 15.6. The van der Waals surface area contributed by atoms with Gasteiger partial charge in [0.05, 0.1) is 16.3 Å². The highest BCUT2D eigenvalue weighted by Gasteiger charge is 2.31. The summed E-state index contributed by atoms with van der Waals surface area (Å²) < 4.78 is 12.2. The fourth-order valence-corrected chi connectivity index (χ4v) is 5.15. The van der Waals surface area contributed by atoms with Crippen molar-refractivity contribution < 1.29 is 19.1 Å². The lowest BCUT2D eigenvalue weighted by Crippen LogP contribution is -2.47. The number of aromatic nitrogens is 1. The summed E-state index contributed by atoms with van der Waals surface area (Å²) in [5.41, 5.74) is 1.55. The molecule has 2 aromatic carbocycles. The zero-order chi connectivity index (χ0) is 22.1. The summed E-state index contributed by atoms with van der Waals surface area (Å²) in [6.45, 7) is 4.35. The molecule has 1 saturated heterocycles. The molecule has 0 radical (unpaired) electrons. The molecule has 0 spiro atoms. The van der Waals surface area contributed by atoms with E-state index >= 15 is 0 Å². The average Bonchev–Trinajstić information content (AvgIpc) is 3.25. The van der Waals surface area contributed by atoms with Crippen LogP contribution in [-0.2, 0) is 4.79 Å². The maximum atomic E-state index is 13.0.